The van der Waals surface area contributed by atoms with Gasteiger partial charge in [-0.25, -0.2) is 0 Å². The van der Waals surface area contributed by atoms with Crippen molar-refractivity contribution in [3.05, 3.63) is 57.7 Å². The Morgan fingerprint density at radius 3 is 2.25 bits per heavy atom. The van der Waals surface area contributed by atoms with E-state index in [-0.39, 0.29) is 5.91 Å². The summed E-state index contributed by atoms with van der Waals surface area (Å²) in [4.78, 5) is 10.9. The zero-order valence-electron chi connectivity index (χ0n) is 10.9. The molecule has 2 rings (SSSR count). The maximum absolute atomic E-state index is 10.9. The topological polar surface area (TPSA) is 53.5 Å². The highest BCUT2D eigenvalue weighted by Crippen LogP contribution is 2.11. The largest absolute Gasteiger partial charge is 0.326 e. The number of hydrazone groups is 1. The van der Waals surface area contributed by atoms with E-state index in [0.29, 0.717) is 0 Å². The van der Waals surface area contributed by atoms with Gasteiger partial charge in [-0.15, -0.1) is 0 Å². The molecule has 0 aliphatic heterocycles. The van der Waals surface area contributed by atoms with Crippen molar-refractivity contribution in [2.24, 2.45) is 5.10 Å². The molecule has 102 valence electrons. The molecule has 5 heteroatoms. The minimum Gasteiger partial charge on any atom is -0.326 e. The summed E-state index contributed by atoms with van der Waals surface area (Å²) in [5.74, 6) is -0.0770. The van der Waals surface area contributed by atoms with Crippen molar-refractivity contribution < 1.29 is 4.79 Å². The van der Waals surface area contributed by atoms with Gasteiger partial charge in [-0.1, -0.05) is 12.1 Å². The normalized spacial score (nSPS) is 10.5. The summed E-state index contributed by atoms with van der Waals surface area (Å²) in [6.07, 6.45) is 1.73. The molecule has 0 aromatic heterocycles. The van der Waals surface area contributed by atoms with Gasteiger partial charge >= 0.3 is 0 Å². The number of carbonyl (C=O) groups excluding carboxylic acids is 1. The lowest BCUT2D eigenvalue weighted by Crippen LogP contribution is -2.05. The van der Waals surface area contributed by atoms with E-state index in [9.17, 15) is 4.79 Å². The van der Waals surface area contributed by atoms with Crippen molar-refractivity contribution in [2.75, 3.05) is 10.7 Å². The Labute approximate surface area is 131 Å². The second kappa shape index (κ2) is 7.04. The quantitative estimate of drug-likeness (QED) is 0.484. The smallest absolute Gasteiger partial charge is 0.221 e. The van der Waals surface area contributed by atoms with Crippen LogP contribution < -0.4 is 10.7 Å². The van der Waals surface area contributed by atoms with Crippen molar-refractivity contribution in [3.63, 3.8) is 0 Å². The number of carbonyl (C=O) groups is 1. The molecule has 0 aliphatic carbocycles. The lowest BCUT2D eigenvalue weighted by atomic mass is 10.2. The van der Waals surface area contributed by atoms with E-state index in [0.717, 1.165) is 16.9 Å². The van der Waals surface area contributed by atoms with Crippen molar-refractivity contribution in [2.45, 2.75) is 6.92 Å². The molecule has 2 N–H and O–H groups in total. The SMILES string of the molecule is CC(=O)Nc1ccc(/C=N/Nc2ccc(I)cc2)cc1. The van der Waals surface area contributed by atoms with Crippen LogP contribution in [-0.2, 0) is 4.79 Å². The molecule has 20 heavy (non-hydrogen) atoms. The molecule has 0 fully saturated rings. The molecular formula is C15H14IN3O. The van der Waals surface area contributed by atoms with Crippen LogP contribution in [0.2, 0.25) is 0 Å². The Kier molecular flexibility index (Phi) is 5.11. The van der Waals surface area contributed by atoms with Crippen molar-refractivity contribution >= 4 is 46.1 Å². The second-order valence-corrected chi connectivity index (χ2v) is 5.43. The van der Waals surface area contributed by atoms with Gasteiger partial charge in [0, 0.05) is 16.2 Å². The monoisotopic (exact) mass is 379 g/mol. The zero-order valence-corrected chi connectivity index (χ0v) is 13.1. The molecular weight excluding hydrogens is 365 g/mol. The highest BCUT2D eigenvalue weighted by molar-refractivity contribution is 14.1. The molecule has 0 unspecified atom stereocenters. The predicted octanol–water partition coefficient (Wildman–Crippen LogP) is 3.70. The van der Waals surface area contributed by atoms with Gasteiger partial charge in [-0.3, -0.25) is 10.2 Å². The number of benzene rings is 2. The van der Waals surface area contributed by atoms with Gasteiger partial charge in [0.25, 0.3) is 0 Å². The summed E-state index contributed by atoms with van der Waals surface area (Å²) in [5, 5.41) is 6.89. The molecule has 0 heterocycles. The highest BCUT2D eigenvalue weighted by atomic mass is 127. The first-order chi connectivity index (χ1) is 9.63. The average molecular weight is 379 g/mol. The zero-order chi connectivity index (χ0) is 14.4. The van der Waals surface area contributed by atoms with Crippen molar-refractivity contribution in [1.82, 2.24) is 0 Å². The Hall–Kier alpha value is -1.89. The first-order valence-electron chi connectivity index (χ1n) is 6.06. The first kappa shape index (κ1) is 14.5. The number of hydrogen-bond donors (Lipinski definition) is 2. The molecule has 0 saturated heterocycles. The van der Waals surface area contributed by atoms with Crippen LogP contribution in [0.5, 0.6) is 0 Å². The van der Waals surface area contributed by atoms with Crippen LogP contribution in [-0.4, -0.2) is 12.1 Å². The number of rotatable bonds is 4. The van der Waals surface area contributed by atoms with Crippen molar-refractivity contribution in [1.29, 1.82) is 0 Å². The van der Waals surface area contributed by atoms with Crippen LogP contribution in [0.15, 0.2) is 53.6 Å². The number of nitrogens with zero attached hydrogens (tertiary/aromatic N) is 1. The number of anilines is 2. The van der Waals surface area contributed by atoms with Gasteiger partial charge in [0.1, 0.15) is 0 Å². The lowest BCUT2D eigenvalue weighted by molar-refractivity contribution is -0.114. The summed E-state index contributed by atoms with van der Waals surface area (Å²) in [7, 11) is 0. The molecule has 2 aromatic rings. The number of halogens is 1. The van der Waals surface area contributed by atoms with E-state index in [4.69, 9.17) is 0 Å². The molecule has 0 aliphatic rings. The minimum absolute atomic E-state index is 0.0770. The van der Waals surface area contributed by atoms with E-state index in [1.54, 1.807) is 6.21 Å². The standard InChI is InChI=1S/C15H14IN3O/c1-11(20)18-14-6-2-12(3-7-14)10-17-19-15-8-4-13(16)5-9-15/h2-10,19H,1H3,(H,18,20)/b17-10+. The highest BCUT2D eigenvalue weighted by Gasteiger charge is 1.94. The van der Waals surface area contributed by atoms with Gasteiger partial charge in [0.2, 0.25) is 5.91 Å². The van der Waals surface area contributed by atoms with Crippen LogP contribution >= 0.6 is 22.6 Å². The van der Waals surface area contributed by atoms with Crippen LogP contribution in [0.1, 0.15) is 12.5 Å². The summed E-state index contributed by atoms with van der Waals surface area (Å²) >= 11 is 2.26. The molecule has 1 amide bonds. The summed E-state index contributed by atoms with van der Waals surface area (Å²) in [6.45, 7) is 1.49. The Bertz CT molecular complexity index is 606. The van der Waals surface area contributed by atoms with Gasteiger partial charge in [-0.2, -0.15) is 5.10 Å². The fourth-order valence-corrected chi connectivity index (χ4v) is 1.92. The van der Waals surface area contributed by atoms with E-state index in [2.05, 4.69) is 38.4 Å². The van der Waals surface area contributed by atoms with Gasteiger partial charge in [0.05, 0.1) is 11.9 Å². The maximum Gasteiger partial charge on any atom is 0.221 e. The van der Waals surface area contributed by atoms with Crippen LogP contribution in [0.3, 0.4) is 0 Å². The molecule has 4 nitrogen and oxygen atoms in total. The summed E-state index contributed by atoms with van der Waals surface area (Å²) < 4.78 is 1.19. The Morgan fingerprint density at radius 2 is 1.65 bits per heavy atom. The van der Waals surface area contributed by atoms with E-state index in [1.165, 1.54) is 10.5 Å². The Balaban J connectivity index is 1.94. The Morgan fingerprint density at radius 1 is 1.05 bits per heavy atom. The fourth-order valence-electron chi connectivity index (χ4n) is 1.56. The van der Waals surface area contributed by atoms with E-state index < -0.39 is 0 Å². The van der Waals surface area contributed by atoms with E-state index >= 15 is 0 Å². The van der Waals surface area contributed by atoms with Crippen molar-refractivity contribution in [3.8, 4) is 0 Å². The second-order valence-electron chi connectivity index (χ2n) is 4.18. The number of nitrogens with one attached hydrogen (secondary N) is 2. The molecule has 0 saturated carbocycles. The summed E-state index contributed by atoms with van der Waals surface area (Å²) in [5.41, 5.74) is 5.64. The first-order valence-corrected chi connectivity index (χ1v) is 7.14. The molecule has 0 radical (unpaired) electrons. The fraction of sp³-hybridized carbons (Fsp3) is 0.0667. The van der Waals surface area contributed by atoms with Gasteiger partial charge < -0.3 is 5.32 Å². The van der Waals surface area contributed by atoms with Crippen LogP contribution in [0.25, 0.3) is 0 Å². The molecule has 0 spiro atoms. The van der Waals surface area contributed by atoms with Gasteiger partial charge in [-0.05, 0) is 64.6 Å². The van der Waals surface area contributed by atoms with Gasteiger partial charge in [0.15, 0.2) is 0 Å². The predicted molar refractivity (Wildman–Crippen MR) is 91.1 cm³/mol. The third-order valence-electron chi connectivity index (χ3n) is 2.48. The molecule has 0 atom stereocenters. The van der Waals surface area contributed by atoms with E-state index in [1.807, 2.05) is 48.5 Å². The molecule has 0 bridgehead atoms. The average Bonchev–Trinajstić information content (AvgIpc) is 2.42. The third-order valence-corrected chi connectivity index (χ3v) is 3.20. The van der Waals surface area contributed by atoms with Crippen LogP contribution in [0, 0.1) is 3.57 Å². The summed E-state index contributed by atoms with van der Waals surface area (Å²) in [6, 6.07) is 15.4. The number of hydrogen-bond acceptors (Lipinski definition) is 3. The van der Waals surface area contributed by atoms with Crippen LogP contribution in [0.4, 0.5) is 11.4 Å². The lowest BCUT2D eigenvalue weighted by Gasteiger charge is -2.02. The number of amides is 1. The maximum atomic E-state index is 10.9. The minimum atomic E-state index is -0.0770. The third kappa shape index (κ3) is 4.65. The molecule has 2 aromatic carbocycles.